The van der Waals surface area contributed by atoms with Crippen molar-refractivity contribution in [2.75, 3.05) is 0 Å². The van der Waals surface area contributed by atoms with Crippen molar-refractivity contribution in [1.82, 2.24) is 0 Å². The summed E-state index contributed by atoms with van der Waals surface area (Å²) in [7, 11) is -3.74. The Hall–Kier alpha value is -2.01. The van der Waals surface area contributed by atoms with E-state index in [-0.39, 0.29) is 10.7 Å². The van der Waals surface area contributed by atoms with Crippen molar-refractivity contribution in [2.45, 2.75) is 18.7 Å². The molecule has 0 amide bonds. The number of hydrogen-bond donors (Lipinski definition) is 0. The maximum atomic E-state index is 12.1. The Balaban J connectivity index is 2.48. The quantitative estimate of drug-likeness (QED) is 0.778. The fourth-order valence-corrected chi connectivity index (χ4v) is 2.71. The van der Waals surface area contributed by atoms with Gasteiger partial charge >= 0.3 is 0 Å². The van der Waals surface area contributed by atoms with Gasteiger partial charge in [-0.3, -0.25) is 4.79 Å². The van der Waals surface area contributed by atoms with Crippen molar-refractivity contribution in [3.05, 3.63) is 53.6 Å². The molecule has 98 valence electrons. The molecule has 0 aliphatic heterocycles. The summed E-state index contributed by atoms with van der Waals surface area (Å²) in [5.41, 5.74) is 1.34. The number of nitrogens with zero attached hydrogens (tertiary/aromatic N) is 1. The van der Waals surface area contributed by atoms with Crippen molar-refractivity contribution >= 4 is 21.5 Å². The monoisotopic (exact) mass is 275 g/mol. The van der Waals surface area contributed by atoms with Crippen molar-refractivity contribution in [3.8, 4) is 0 Å². The maximum absolute atomic E-state index is 12.1. The fraction of sp³-hybridized carbons (Fsp3) is 0.143. The van der Waals surface area contributed by atoms with Gasteiger partial charge in [-0.2, -0.15) is 12.8 Å². The summed E-state index contributed by atoms with van der Waals surface area (Å²) in [5, 5.41) is 0. The van der Waals surface area contributed by atoms with Crippen LogP contribution in [0.3, 0.4) is 0 Å². The second-order valence-electron chi connectivity index (χ2n) is 4.28. The zero-order valence-corrected chi connectivity index (χ0v) is 11.4. The van der Waals surface area contributed by atoms with Gasteiger partial charge in [0.2, 0.25) is 0 Å². The molecule has 5 heteroatoms. The normalized spacial score (nSPS) is 18.2. The molecule has 1 aromatic carbocycles. The van der Waals surface area contributed by atoms with Crippen LogP contribution < -0.4 is 0 Å². The molecule has 0 heterocycles. The van der Waals surface area contributed by atoms with E-state index < -0.39 is 10.0 Å². The van der Waals surface area contributed by atoms with Crippen LogP contribution >= 0.6 is 0 Å². The first kappa shape index (κ1) is 13.4. The van der Waals surface area contributed by atoms with Crippen LogP contribution in [0.5, 0.6) is 0 Å². The molecule has 0 saturated carbocycles. The predicted molar refractivity (Wildman–Crippen MR) is 73.6 cm³/mol. The zero-order valence-electron chi connectivity index (χ0n) is 10.6. The SMILES string of the molecule is CC1=CC(=NS(=O)(=O)c2ccccc2)C(C)=CC1=O. The fourth-order valence-electron chi connectivity index (χ4n) is 1.65. The first-order valence-corrected chi connectivity index (χ1v) is 7.15. The van der Waals surface area contributed by atoms with E-state index in [0.29, 0.717) is 16.9 Å². The smallest absolute Gasteiger partial charge is 0.282 e. The second-order valence-corrected chi connectivity index (χ2v) is 5.89. The summed E-state index contributed by atoms with van der Waals surface area (Å²) in [5.74, 6) is -0.117. The van der Waals surface area contributed by atoms with Gasteiger partial charge in [-0.05, 0) is 49.3 Å². The Kier molecular flexibility index (Phi) is 3.48. The Labute approximate surface area is 112 Å². The van der Waals surface area contributed by atoms with Crippen molar-refractivity contribution in [3.63, 3.8) is 0 Å². The molecule has 0 aromatic heterocycles. The summed E-state index contributed by atoms with van der Waals surface area (Å²) in [6, 6.07) is 8.00. The van der Waals surface area contributed by atoms with Crippen LogP contribution in [-0.2, 0) is 14.8 Å². The van der Waals surface area contributed by atoms with E-state index in [1.807, 2.05) is 0 Å². The summed E-state index contributed by atoms with van der Waals surface area (Å²) < 4.78 is 28.0. The number of hydrogen-bond acceptors (Lipinski definition) is 3. The number of carbonyl (C=O) groups is 1. The highest BCUT2D eigenvalue weighted by Gasteiger charge is 2.17. The molecule has 0 unspecified atom stereocenters. The molecular weight excluding hydrogens is 262 g/mol. The van der Waals surface area contributed by atoms with E-state index in [9.17, 15) is 13.2 Å². The van der Waals surface area contributed by atoms with E-state index >= 15 is 0 Å². The van der Waals surface area contributed by atoms with Gasteiger partial charge in [0, 0.05) is 0 Å². The number of benzene rings is 1. The van der Waals surface area contributed by atoms with Crippen LogP contribution in [0.2, 0.25) is 0 Å². The van der Waals surface area contributed by atoms with Crippen LogP contribution in [0, 0.1) is 0 Å². The summed E-state index contributed by atoms with van der Waals surface area (Å²) in [6.45, 7) is 3.30. The summed E-state index contributed by atoms with van der Waals surface area (Å²) in [4.78, 5) is 11.6. The zero-order chi connectivity index (χ0) is 14.0. The Bertz CT molecular complexity index is 710. The molecular formula is C14H13NO3S. The number of ketones is 1. The van der Waals surface area contributed by atoms with Crippen molar-refractivity contribution in [1.29, 1.82) is 0 Å². The molecule has 19 heavy (non-hydrogen) atoms. The molecule has 0 bridgehead atoms. The maximum Gasteiger partial charge on any atom is 0.282 e. The molecule has 1 aromatic rings. The van der Waals surface area contributed by atoms with E-state index in [0.717, 1.165) is 0 Å². The molecule has 1 aliphatic carbocycles. The average Bonchev–Trinajstić information content (AvgIpc) is 2.37. The third kappa shape index (κ3) is 2.88. The lowest BCUT2D eigenvalue weighted by Crippen LogP contribution is -2.12. The molecule has 0 spiro atoms. The van der Waals surface area contributed by atoms with Gasteiger partial charge in [0.25, 0.3) is 10.0 Å². The molecule has 0 fully saturated rings. The minimum Gasteiger partial charge on any atom is -0.290 e. The minimum absolute atomic E-state index is 0.117. The number of sulfonamides is 1. The summed E-state index contributed by atoms with van der Waals surface area (Å²) in [6.07, 6.45) is 2.90. The molecule has 0 atom stereocenters. The van der Waals surface area contributed by atoms with Crippen LogP contribution in [0.4, 0.5) is 0 Å². The summed E-state index contributed by atoms with van der Waals surface area (Å²) >= 11 is 0. The van der Waals surface area contributed by atoms with Gasteiger partial charge in [-0.1, -0.05) is 18.2 Å². The third-order valence-corrected chi connectivity index (χ3v) is 4.06. The minimum atomic E-state index is -3.74. The van der Waals surface area contributed by atoms with Gasteiger partial charge in [-0.25, -0.2) is 0 Å². The highest BCUT2D eigenvalue weighted by Crippen LogP contribution is 2.17. The first-order valence-electron chi connectivity index (χ1n) is 5.71. The highest BCUT2D eigenvalue weighted by atomic mass is 32.2. The van der Waals surface area contributed by atoms with Gasteiger partial charge in [0.15, 0.2) is 5.78 Å². The topological polar surface area (TPSA) is 63.6 Å². The van der Waals surface area contributed by atoms with E-state index in [4.69, 9.17) is 0 Å². The molecule has 0 N–H and O–H groups in total. The average molecular weight is 275 g/mol. The third-order valence-electron chi connectivity index (χ3n) is 2.75. The lowest BCUT2D eigenvalue weighted by atomic mass is 9.99. The Morgan fingerprint density at radius 3 is 2.21 bits per heavy atom. The number of rotatable bonds is 2. The van der Waals surface area contributed by atoms with Gasteiger partial charge in [-0.15, -0.1) is 0 Å². The van der Waals surface area contributed by atoms with E-state index in [2.05, 4.69) is 4.40 Å². The molecule has 2 rings (SSSR count). The van der Waals surface area contributed by atoms with Gasteiger partial charge < -0.3 is 0 Å². The Morgan fingerprint density at radius 2 is 1.58 bits per heavy atom. The van der Waals surface area contributed by atoms with Crippen LogP contribution in [0.25, 0.3) is 0 Å². The molecule has 0 saturated heterocycles. The Morgan fingerprint density at radius 1 is 0.947 bits per heavy atom. The lowest BCUT2D eigenvalue weighted by Gasteiger charge is -2.09. The molecule has 4 nitrogen and oxygen atoms in total. The predicted octanol–water partition coefficient (Wildman–Crippen LogP) is 2.29. The van der Waals surface area contributed by atoms with Gasteiger partial charge in [0.1, 0.15) is 0 Å². The van der Waals surface area contributed by atoms with Gasteiger partial charge in [0.05, 0.1) is 10.6 Å². The number of carbonyl (C=O) groups excluding carboxylic acids is 1. The second kappa shape index (κ2) is 4.93. The van der Waals surface area contributed by atoms with Crippen molar-refractivity contribution in [2.24, 2.45) is 4.40 Å². The lowest BCUT2D eigenvalue weighted by molar-refractivity contribution is -0.111. The molecule has 0 radical (unpaired) electrons. The van der Waals surface area contributed by atoms with Crippen molar-refractivity contribution < 1.29 is 13.2 Å². The van der Waals surface area contributed by atoms with Crippen LogP contribution in [0.1, 0.15) is 13.8 Å². The van der Waals surface area contributed by atoms with Crippen LogP contribution in [0.15, 0.2) is 62.9 Å². The first-order chi connectivity index (χ1) is 8.90. The molecule has 1 aliphatic rings. The number of allylic oxidation sites excluding steroid dienone is 4. The standard InChI is InChI=1S/C14H13NO3S/c1-10-9-14(16)11(2)8-13(10)15-19(17,18)12-6-4-3-5-7-12/h3-9H,1-2H3. The van der Waals surface area contributed by atoms with E-state index in [1.54, 1.807) is 32.0 Å². The highest BCUT2D eigenvalue weighted by molar-refractivity contribution is 7.90. The van der Waals surface area contributed by atoms with Crippen LogP contribution in [-0.4, -0.2) is 19.9 Å². The van der Waals surface area contributed by atoms with E-state index in [1.165, 1.54) is 24.3 Å². The largest absolute Gasteiger partial charge is 0.290 e.